The average molecular weight is 333 g/mol. The summed E-state index contributed by atoms with van der Waals surface area (Å²) >= 11 is 0. The first-order chi connectivity index (χ1) is 10.3. The zero-order valence-corrected chi connectivity index (χ0v) is 12.7. The number of halogens is 2. The zero-order valence-electron chi connectivity index (χ0n) is 11.8. The van der Waals surface area contributed by atoms with Crippen molar-refractivity contribution in [3.8, 4) is 0 Å². The van der Waals surface area contributed by atoms with Gasteiger partial charge in [-0.15, -0.1) is 0 Å². The number of rotatable bonds is 5. The Balaban J connectivity index is 2.06. The molecule has 2 N–H and O–H groups in total. The van der Waals surface area contributed by atoms with Crippen LogP contribution in [0.15, 0.2) is 23.1 Å². The van der Waals surface area contributed by atoms with E-state index in [0.717, 1.165) is 16.4 Å². The average Bonchev–Trinajstić information content (AvgIpc) is 2.48. The Morgan fingerprint density at radius 1 is 1.18 bits per heavy atom. The second-order valence-electron chi connectivity index (χ2n) is 5.04. The molecular formula is C13H17F2N3O3S. The number of primary amides is 1. The first-order valence-corrected chi connectivity index (χ1v) is 8.20. The van der Waals surface area contributed by atoms with Crippen LogP contribution in [0.25, 0.3) is 0 Å². The number of piperazine rings is 1. The number of nitrogens with two attached hydrogens (primary N) is 1. The molecule has 0 radical (unpaired) electrons. The Morgan fingerprint density at radius 3 is 2.41 bits per heavy atom. The fraction of sp³-hybridized carbons (Fsp3) is 0.462. The van der Waals surface area contributed by atoms with E-state index in [1.54, 1.807) is 0 Å². The Hall–Kier alpha value is -1.58. The number of hydrogen-bond acceptors (Lipinski definition) is 4. The van der Waals surface area contributed by atoms with E-state index in [4.69, 9.17) is 5.73 Å². The maximum atomic E-state index is 13.7. The predicted octanol–water partition coefficient (Wildman–Crippen LogP) is 0.146. The Morgan fingerprint density at radius 2 is 1.82 bits per heavy atom. The van der Waals surface area contributed by atoms with Crippen molar-refractivity contribution in [1.29, 1.82) is 0 Å². The molecule has 1 aromatic rings. The van der Waals surface area contributed by atoms with Gasteiger partial charge in [-0.2, -0.15) is 4.31 Å². The second-order valence-corrected chi connectivity index (χ2v) is 6.94. The fourth-order valence-electron chi connectivity index (χ4n) is 2.28. The van der Waals surface area contributed by atoms with Gasteiger partial charge in [-0.05, 0) is 18.2 Å². The smallest absolute Gasteiger partial charge is 0.246 e. The minimum atomic E-state index is -4.07. The largest absolute Gasteiger partial charge is 0.370 e. The molecule has 0 bridgehead atoms. The molecule has 2 rings (SSSR count). The molecule has 9 heteroatoms. The molecule has 1 fully saturated rings. The molecule has 1 saturated heterocycles. The van der Waals surface area contributed by atoms with Crippen molar-refractivity contribution in [2.45, 2.75) is 11.3 Å². The summed E-state index contributed by atoms with van der Waals surface area (Å²) in [5.74, 6) is -2.20. The molecule has 6 nitrogen and oxygen atoms in total. The van der Waals surface area contributed by atoms with Crippen LogP contribution in [0.2, 0.25) is 0 Å². The Kier molecular flexibility index (Phi) is 5.09. The monoisotopic (exact) mass is 333 g/mol. The normalized spacial score (nSPS) is 17.5. The van der Waals surface area contributed by atoms with Gasteiger partial charge < -0.3 is 10.6 Å². The van der Waals surface area contributed by atoms with Gasteiger partial charge in [0, 0.05) is 39.1 Å². The summed E-state index contributed by atoms with van der Waals surface area (Å²) in [6.07, 6.45) is 0.200. The van der Waals surface area contributed by atoms with Crippen LogP contribution in [0, 0.1) is 11.6 Å². The van der Waals surface area contributed by atoms with E-state index >= 15 is 0 Å². The second kappa shape index (κ2) is 6.67. The summed E-state index contributed by atoms with van der Waals surface area (Å²) in [4.78, 5) is 12.0. The number of carbonyl (C=O) groups excluding carboxylic acids is 1. The van der Waals surface area contributed by atoms with E-state index in [-0.39, 0.29) is 19.5 Å². The summed E-state index contributed by atoms with van der Waals surface area (Å²) in [6, 6.07) is 2.35. The topological polar surface area (TPSA) is 83.7 Å². The van der Waals surface area contributed by atoms with Crippen LogP contribution in [0.5, 0.6) is 0 Å². The number of sulfonamides is 1. The van der Waals surface area contributed by atoms with Gasteiger partial charge in [-0.25, -0.2) is 17.2 Å². The quantitative estimate of drug-likeness (QED) is 0.831. The molecule has 0 aliphatic carbocycles. The first-order valence-electron chi connectivity index (χ1n) is 6.76. The maximum absolute atomic E-state index is 13.7. The minimum absolute atomic E-state index is 0.150. The standard InChI is InChI=1S/C13H17F2N3O3S/c14-10-1-2-11(15)12(9-10)22(20,21)18-7-5-17(6-8-18)4-3-13(16)19/h1-2,9H,3-8H2,(H2,16,19). The highest BCUT2D eigenvalue weighted by Gasteiger charge is 2.30. The summed E-state index contributed by atoms with van der Waals surface area (Å²) in [6.45, 7) is 1.57. The van der Waals surface area contributed by atoms with Crippen LogP contribution in [-0.2, 0) is 14.8 Å². The van der Waals surface area contributed by atoms with Gasteiger partial charge in [0.05, 0.1) is 0 Å². The third kappa shape index (κ3) is 3.79. The zero-order chi connectivity index (χ0) is 16.3. The molecule has 0 spiro atoms. The van der Waals surface area contributed by atoms with Crippen LogP contribution in [0.3, 0.4) is 0 Å². The van der Waals surface area contributed by atoms with Crippen LogP contribution in [0.4, 0.5) is 8.78 Å². The Bertz CT molecular complexity index is 658. The number of hydrogen-bond donors (Lipinski definition) is 1. The summed E-state index contributed by atoms with van der Waals surface area (Å²) in [5, 5.41) is 0. The molecule has 0 saturated carbocycles. The SMILES string of the molecule is NC(=O)CCN1CCN(S(=O)(=O)c2cc(F)ccc2F)CC1. The van der Waals surface area contributed by atoms with E-state index in [1.165, 1.54) is 0 Å². The van der Waals surface area contributed by atoms with E-state index in [9.17, 15) is 22.0 Å². The van der Waals surface area contributed by atoms with Crippen molar-refractivity contribution in [3.63, 3.8) is 0 Å². The van der Waals surface area contributed by atoms with Gasteiger partial charge in [-0.3, -0.25) is 4.79 Å². The van der Waals surface area contributed by atoms with E-state index in [2.05, 4.69) is 0 Å². The van der Waals surface area contributed by atoms with Crippen LogP contribution in [0.1, 0.15) is 6.42 Å². The van der Waals surface area contributed by atoms with Crippen molar-refractivity contribution in [2.24, 2.45) is 5.73 Å². The maximum Gasteiger partial charge on any atom is 0.246 e. The molecule has 1 aliphatic rings. The Labute approximate surface area is 127 Å². The molecule has 1 amide bonds. The highest BCUT2D eigenvalue weighted by molar-refractivity contribution is 7.89. The van der Waals surface area contributed by atoms with Crippen molar-refractivity contribution < 1.29 is 22.0 Å². The van der Waals surface area contributed by atoms with Gasteiger partial charge in [-0.1, -0.05) is 0 Å². The van der Waals surface area contributed by atoms with Crippen LogP contribution < -0.4 is 5.73 Å². The van der Waals surface area contributed by atoms with Gasteiger partial charge in [0.15, 0.2) is 0 Å². The van der Waals surface area contributed by atoms with Crippen molar-refractivity contribution in [3.05, 3.63) is 29.8 Å². The number of carbonyl (C=O) groups is 1. The molecule has 0 unspecified atom stereocenters. The predicted molar refractivity (Wildman–Crippen MR) is 75.4 cm³/mol. The van der Waals surface area contributed by atoms with Crippen molar-refractivity contribution in [1.82, 2.24) is 9.21 Å². The van der Waals surface area contributed by atoms with Gasteiger partial charge in [0.2, 0.25) is 15.9 Å². The van der Waals surface area contributed by atoms with E-state index in [1.807, 2.05) is 4.90 Å². The third-order valence-corrected chi connectivity index (χ3v) is 5.43. The number of nitrogens with zero attached hydrogens (tertiary/aromatic N) is 2. The molecule has 1 aliphatic heterocycles. The molecule has 122 valence electrons. The fourth-order valence-corrected chi connectivity index (χ4v) is 3.77. The number of benzene rings is 1. The van der Waals surface area contributed by atoms with E-state index in [0.29, 0.717) is 25.7 Å². The van der Waals surface area contributed by atoms with Gasteiger partial charge in [0.25, 0.3) is 0 Å². The van der Waals surface area contributed by atoms with Gasteiger partial charge in [0.1, 0.15) is 16.5 Å². The third-order valence-electron chi connectivity index (χ3n) is 3.52. The minimum Gasteiger partial charge on any atom is -0.370 e. The van der Waals surface area contributed by atoms with Crippen LogP contribution in [-0.4, -0.2) is 56.3 Å². The molecule has 1 aromatic carbocycles. The summed E-state index contributed by atoms with van der Waals surface area (Å²) < 4.78 is 52.7. The lowest BCUT2D eigenvalue weighted by Crippen LogP contribution is -2.49. The summed E-state index contributed by atoms with van der Waals surface area (Å²) in [5.41, 5.74) is 5.06. The number of amides is 1. The lowest BCUT2D eigenvalue weighted by molar-refractivity contribution is -0.118. The summed E-state index contributed by atoms with van der Waals surface area (Å²) in [7, 11) is -4.07. The molecule has 0 atom stereocenters. The lowest BCUT2D eigenvalue weighted by atomic mass is 10.3. The van der Waals surface area contributed by atoms with E-state index < -0.39 is 32.5 Å². The molecular weight excluding hydrogens is 316 g/mol. The van der Waals surface area contributed by atoms with Gasteiger partial charge >= 0.3 is 0 Å². The first kappa shape index (κ1) is 16.8. The molecule has 22 heavy (non-hydrogen) atoms. The highest BCUT2D eigenvalue weighted by Crippen LogP contribution is 2.21. The van der Waals surface area contributed by atoms with Crippen molar-refractivity contribution >= 4 is 15.9 Å². The lowest BCUT2D eigenvalue weighted by Gasteiger charge is -2.33. The molecule has 1 heterocycles. The van der Waals surface area contributed by atoms with Crippen LogP contribution >= 0.6 is 0 Å². The molecule has 0 aromatic heterocycles. The van der Waals surface area contributed by atoms with Crippen molar-refractivity contribution in [2.75, 3.05) is 32.7 Å². The highest BCUT2D eigenvalue weighted by atomic mass is 32.2.